The first-order valence-electron chi connectivity index (χ1n) is 5.70. The lowest BCUT2D eigenvalue weighted by Gasteiger charge is -2.12. The zero-order valence-electron chi connectivity index (χ0n) is 11.1. The van der Waals surface area contributed by atoms with Crippen LogP contribution < -0.4 is 4.72 Å². The molecule has 0 amide bonds. The highest BCUT2D eigenvalue weighted by Gasteiger charge is 2.27. The van der Waals surface area contributed by atoms with Gasteiger partial charge in [0.1, 0.15) is 0 Å². The first-order valence-corrected chi connectivity index (χ1v) is 7.18. The van der Waals surface area contributed by atoms with E-state index in [9.17, 15) is 23.6 Å². The molecule has 1 atom stereocenters. The van der Waals surface area contributed by atoms with Crippen molar-refractivity contribution in [1.29, 1.82) is 0 Å². The van der Waals surface area contributed by atoms with Crippen LogP contribution in [-0.2, 0) is 14.8 Å². The predicted molar refractivity (Wildman–Crippen MR) is 70.9 cm³/mol. The number of sulfonamides is 1. The topological polar surface area (TPSA) is 119 Å². The number of methoxy groups -OCH3 is 1. The summed E-state index contributed by atoms with van der Waals surface area (Å²) in [6.45, 7) is 1.13. The average Bonchev–Trinajstić information content (AvgIpc) is 2.36. The zero-order valence-corrected chi connectivity index (χ0v) is 11.9. The summed E-state index contributed by atoms with van der Waals surface area (Å²) >= 11 is 0. The molecule has 0 aliphatic heterocycles. The van der Waals surface area contributed by atoms with Gasteiger partial charge in [-0.1, -0.05) is 12.1 Å². The Kier molecular flexibility index (Phi) is 5.57. The van der Waals surface area contributed by atoms with Gasteiger partial charge in [0.15, 0.2) is 4.90 Å². The Morgan fingerprint density at radius 3 is 2.70 bits per heavy atom. The summed E-state index contributed by atoms with van der Waals surface area (Å²) in [6, 6.07) is 3.99. The van der Waals surface area contributed by atoms with Crippen molar-refractivity contribution in [3.05, 3.63) is 33.9 Å². The van der Waals surface area contributed by atoms with Crippen molar-refractivity contribution in [2.45, 2.75) is 17.9 Å². The molecule has 0 radical (unpaired) electrons. The highest BCUT2D eigenvalue weighted by molar-refractivity contribution is 7.89. The molecule has 1 rings (SSSR count). The van der Waals surface area contributed by atoms with E-state index in [2.05, 4.69) is 9.46 Å². The molecule has 0 saturated carbocycles. The number of aliphatic hydroxyl groups is 1. The van der Waals surface area contributed by atoms with E-state index in [1.165, 1.54) is 26.2 Å². The summed E-state index contributed by atoms with van der Waals surface area (Å²) in [6.07, 6.45) is -1.03. The Morgan fingerprint density at radius 1 is 1.50 bits per heavy atom. The highest BCUT2D eigenvalue weighted by Crippen LogP contribution is 2.26. The van der Waals surface area contributed by atoms with Gasteiger partial charge in [-0.15, -0.1) is 0 Å². The van der Waals surface area contributed by atoms with Gasteiger partial charge in [-0.3, -0.25) is 10.1 Å². The van der Waals surface area contributed by atoms with Gasteiger partial charge < -0.3 is 9.84 Å². The smallest absolute Gasteiger partial charge is 0.289 e. The van der Waals surface area contributed by atoms with Crippen LogP contribution in [0.2, 0.25) is 0 Å². The molecule has 112 valence electrons. The van der Waals surface area contributed by atoms with Crippen molar-refractivity contribution >= 4 is 15.7 Å². The Balaban J connectivity index is 3.07. The fourth-order valence-electron chi connectivity index (χ4n) is 1.66. The number of hydrogen-bond acceptors (Lipinski definition) is 6. The van der Waals surface area contributed by atoms with Crippen LogP contribution in [0.5, 0.6) is 0 Å². The second-order valence-corrected chi connectivity index (χ2v) is 5.85. The van der Waals surface area contributed by atoms with Gasteiger partial charge in [-0.25, -0.2) is 13.1 Å². The molecule has 2 N–H and O–H groups in total. The summed E-state index contributed by atoms with van der Waals surface area (Å²) in [5.41, 5.74) is -0.244. The SMILES string of the molecule is COCC(O)CNS(=O)(=O)c1c(C)cccc1[N+](=O)[O-]. The number of nitro groups is 1. The summed E-state index contributed by atoms with van der Waals surface area (Å²) < 4.78 is 31.0. The van der Waals surface area contributed by atoms with E-state index in [1.54, 1.807) is 0 Å². The Bertz CT molecular complexity index is 587. The van der Waals surface area contributed by atoms with Crippen molar-refractivity contribution in [1.82, 2.24) is 4.72 Å². The van der Waals surface area contributed by atoms with Crippen molar-refractivity contribution in [2.75, 3.05) is 20.3 Å². The van der Waals surface area contributed by atoms with Crippen molar-refractivity contribution in [2.24, 2.45) is 0 Å². The molecular formula is C11H16N2O6S. The lowest BCUT2D eigenvalue weighted by molar-refractivity contribution is -0.387. The van der Waals surface area contributed by atoms with Crippen LogP contribution in [0.3, 0.4) is 0 Å². The number of rotatable bonds is 7. The molecule has 1 aromatic carbocycles. The third-order valence-electron chi connectivity index (χ3n) is 2.52. The van der Waals surface area contributed by atoms with Gasteiger partial charge in [0, 0.05) is 19.7 Å². The molecule has 20 heavy (non-hydrogen) atoms. The molecule has 0 heterocycles. The number of aliphatic hydroxyl groups excluding tert-OH is 1. The standard InChI is InChI=1S/C11H16N2O6S/c1-8-4-3-5-10(13(15)16)11(8)20(17,18)12-6-9(14)7-19-2/h3-5,9,12,14H,6-7H2,1-2H3. The van der Waals surface area contributed by atoms with Crippen LogP contribution in [0.25, 0.3) is 0 Å². The van der Waals surface area contributed by atoms with E-state index in [-0.39, 0.29) is 18.7 Å². The normalized spacial score (nSPS) is 13.2. The van der Waals surface area contributed by atoms with Crippen LogP contribution in [0.15, 0.2) is 23.1 Å². The van der Waals surface area contributed by atoms with Gasteiger partial charge in [0.25, 0.3) is 5.69 Å². The van der Waals surface area contributed by atoms with E-state index >= 15 is 0 Å². The molecule has 0 bridgehead atoms. The van der Waals surface area contributed by atoms with E-state index in [1.807, 2.05) is 0 Å². The Hall–Kier alpha value is -1.55. The van der Waals surface area contributed by atoms with Crippen LogP contribution in [0.1, 0.15) is 5.56 Å². The number of ether oxygens (including phenoxy) is 1. The van der Waals surface area contributed by atoms with E-state index in [4.69, 9.17) is 0 Å². The molecule has 1 aromatic rings. The molecule has 9 heteroatoms. The zero-order chi connectivity index (χ0) is 15.3. The van der Waals surface area contributed by atoms with Crippen LogP contribution >= 0.6 is 0 Å². The lowest BCUT2D eigenvalue weighted by atomic mass is 10.2. The predicted octanol–water partition coefficient (Wildman–Crippen LogP) is 0.189. The molecule has 0 aliphatic carbocycles. The molecule has 0 fully saturated rings. The Labute approximate surface area is 116 Å². The number of aryl methyl sites for hydroxylation is 1. The first kappa shape index (κ1) is 16.5. The van der Waals surface area contributed by atoms with Gasteiger partial charge in [0.2, 0.25) is 10.0 Å². The van der Waals surface area contributed by atoms with E-state index in [0.29, 0.717) is 0 Å². The minimum absolute atomic E-state index is 0.0433. The fraction of sp³-hybridized carbons (Fsp3) is 0.455. The van der Waals surface area contributed by atoms with Crippen LogP contribution in [0.4, 0.5) is 5.69 Å². The summed E-state index contributed by atoms with van der Waals surface area (Å²) in [4.78, 5) is 9.75. The number of nitrogens with one attached hydrogen (secondary N) is 1. The molecule has 0 aliphatic rings. The number of nitro benzene ring substituents is 1. The second-order valence-electron chi connectivity index (χ2n) is 4.14. The highest BCUT2D eigenvalue weighted by atomic mass is 32.2. The van der Waals surface area contributed by atoms with E-state index in [0.717, 1.165) is 6.07 Å². The Morgan fingerprint density at radius 2 is 2.15 bits per heavy atom. The quantitative estimate of drug-likeness (QED) is 0.548. The fourth-order valence-corrected chi connectivity index (χ4v) is 3.13. The molecule has 0 aromatic heterocycles. The molecule has 0 saturated heterocycles. The largest absolute Gasteiger partial charge is 0.389 e. The maximum absolute atomic E-state index is 12.1. The number of benzene rings is 1. The maximum Gasteiger partial charge on any atom is 0.289 e. The van der Waals surface area contributed by atoms with Crippen LogP contribution in [-0.4, -0.2) is 44.8 Å². The first-order chi connectivity index (χ1) is 9.29. The van der Waals surface area contributed by atoms with Crippen molar-refractivity contribution in [3.63, 3.8) is 0 Å². The molecule has 1 unspecified atom stereocenters. The molecular weight excluding hydrogens is 288 g/mol. The van der Waals surface area contributed by atoms with Crippen molar-refractivity contribution in [3.8, 4) is 0 Å². The number of hydrogen-bond donors (Lipinski definition) is 2. The summed E-state index contributed by atoms with van der Waals surface area (Å²) in [5, 5.41) is 20.3. The van der Waals surface area contributed by atoms with Crippen molar-refractivity contribution < 1.29 is 23.2 Å². The van der Waals surface area contributed by atoms with Gasteiger partial charge >= 0.3 is 0 Å². The minimum atomic E-state index is -4.09. The van der Waals surface area contributed by atoms with Crippen LogP contribution in [0, 0.1) is 17.0 Å². The van der Waals surface area contributed by atoms with Gasteiger partial charge in [-0.2, -0.15) is 0 Å². The lowest BCUT2D eigenvalue weighted by Crippen LogP contribution is -2.34. The average molecular weight is 304 g/mol. The second kappa shape index (κ2) is 6.75. The molecule has 8 nitrogen and oxygen atoms in total. The monoisotopic (exact) mass is 304 g/mol. The summed E-state index contributed by atoms with van der Waals surface area (Å²) in [5.74, 6) is 0. The van der Waals surface area contributed by atoms with Gasteiger partial charge in [0.05, 0.1) is 17.6 Å². The summed E-state index contributed by atoms with van der Waals surface area (Å²) in [7, 11) is -2.72. The van der Waals surface area contributed by atoms with Gasteiger partial charge in [-0.05, 0) is 12.5 Å². The maximum atomic E-state index is 12.1. The number of nitrogens with zero attached hydrogens (tertiary/aromatic N) is 1. The van der Waals surface area contributed by atoms with E-state index < -0.39 is 31.6 Å². The third kappa shape index (κ3) is 3.97. The minimum Gasteiger partial charge on any atom is -0.389 e. The molecule has 0 spiro atoms. The third-order valence-corrected chi connectivity index (χ3v) is 4.14.